The normalized spacial score (nSPS) is 24.6. The van der Waals surface area contributed by atoms with Crippen LogP contribution in [0.3, 0.4) is 0 Å². The van der Waals surface area contributed by atoms with Gasteiger partial charge in [0.1, 0.15) is 11.9 Å². The zero-order chi connectivity index (χ0) is 23.7. The predicted molar refractivity (Wildman–Crippen MR) is 130 cm³/mol. The van der Waals surface area contributed by atoms with Crippen molar-refractivity contribution in [2.45, 2.75) is 44.2 Å². The van der Waals surface area contributed by atoms with Gasteiger partial charge in [-0.2, -0.15) is 0 Å². The number of carbonyl (C=O) groups is 2. The van der Waals surface area contributed by atoms with Crippen LogP contribution in [0.25, 0.3) is 0 Å². The summed E-state index contributed by atoms with van der Waals surface area (Å²) in [6, 6.07) is 11.1. The Balaban J connectivity index is 1.36. The van der Waals surface area contributed by atoms with Crippen molar-refractivity contribution in [3.8, 4) is 0 Å². The van der Waals surface area contributed by atoms with E-state index in [4.69, 9.17) is 16.3 Å². The minimum atomic E-state index is -0.596. The van der Waals surface area contributed by atoms with Crippen LogP contribution < -0.4 is 10.2 Å². The third-order valence-corrected chi connectivity index (χ3v) is 7.50. The Kier molecular flexibility index (Phi) is 6.75. The molecule has 0 radical (unpaired) electrons. The number of likely N-dealkylation sites (tertiary alicyclic amines) is 1. The first-order valence-electron chi connectivity index (χ1n) is 12.0. The molecule has 2 heterocycles. The average Bonchev–Trinajstić information content (AvgIpc) is 3.24. The Hall–Kier alpha value is -2.64. The third-order valence-electron chi connectivity index (χ3n) is 7.26. The minimum absolute atomic E-state index is 0.0383. The Morgan fingerprint density at radius 1 is 1.06 bits per heavy atom. The van der Waals surface area contributed by atoms with E-state index in [1.807, 2.05) is 4.90 Å². The van der Waals surface area contributed by atoms with Crippen LogP contribution in [0.5, 0.6) is 0 Å². The van der Waals surface area contributed by atoms with E-state index in [2.05, 4.69) is 5.32 Å². The van der Waals surface area contributed by atoms with Crippen molar-refractivity contribution in [1.82, 2.24) is 4.90 Å². The van der Waals surface area contributed by atoms with Crippen molar-refractivity contribution < 1.29 is 18.7 Å². The summed E-state index contributed by atoms with van der Waals surface area (Å²) in [5, 5.41) is 3.36. The molecule has 0 aromatic heterocycles. The maximum Gasteiger partial charge on any atom is 0.254 e. The number of carbonyl (C=O) groups excluding carboxylic acids is 2. The molecule has 1 aliphatic carbocycles. The Morgan fingerprint density at radius 3 is 2.62 bits per heavy atom. The first kappa shape index (κ1) is 23.1. The number of nitrogens with zero attached hydrogens (tertiary/aromatic N) is 2. The highest BCUT2D eigenvalue weighted by molar-refractivity contribution is 6.31. The first-order valence-corrected chi connectivity index (χ1v) is 12.4. The number of benzene rings is 2. The highest BCUT2D eigenvalue weighted by atomic mass is 35.5. The van der Waals surface area contributed by atoms with Crippen LogP contribution >= 0.6 is 11.6 Å². The summed E-state index contributed by atoms with van der Waals surface area (Å²) < 4.78 is 20.2. The second kappa shape index (κ2) is 9.92. The summed E-state index contributed by atoms with van der Waals surface area (Å²) in [4.78, 5) is 30.6. The molecule has 2 aromatic rings. The van der Waals surface area contributed by atoms with E-state index in [1.165, 1.54) is 6.07 Å². The van der Waals surface area contributed by atoms with Gasteiger partial charge in [-0.25, -0.2) is 4.39 Å². The molecule has 2 aliphatic heterocycles. The average molecular weight is 486 g/mol. The number of rotatable bonds is 4. The summed E-state index contributed by atoms with van der Waals surface area (Å²) in [5.74, 6) is -0.533. The standard InChI is InChI=1S/C26H29ClFN3O3/c27-19-6-3-5-18(14-19)26(33)31-22-7-2-1-4-17(22)15-24(31)25(32)29-20-8-9-23(21(28)16-20)30-10-12-34-13-11-30/h3,5-6,8-9,14,16-17,22,24H,1-2,4,7,10-13,15H2,(H,29,32). The van der Waals surface area contributed by atoms with Gasteiger partial charge in [0.15, 0.2) is 0 Å². The Labute approximate surface area is 204 Å². The minimum Gasteiger partial charge on any atom is -0.378 e. The summed E-state index contributed by atoms with van der Waals surface area (Å²) in [6.07, 6.45) is 4.68. The quantitative estimate of drug-likeness (QED) is 0.680. The maximum atomic E-state index is 14.9. The van der Waals surface area contributed by atoms with Gasteiger partial charge in [-0.15, -0.1) is 0 Å². The zero-order valence-corrected chi connectivity index (χ0v) is 19.8. The lowest BCUT2D eigenvalue weighted by atomic mass is 9.84. The molecular weight excluding hydrogens is 457 g/mol. The van der Waals surface area contributed by atoms with Crippen molar-refractivity contribution >= 4 is 34.8 Å². The van der Waals surface area contributed by atoms with E-state index in [9.17, 15) is 14.0 Å². The van der Waals surface area contributed by atoms with Crippen molar-refractivity contribution in [3.05, 3.63) is 58.9 Å². The van der Waals surface area contributed by atoms with Gasteiger partial charge in [0, 0.05) is 35.4 Å². The lowest BCUT2D eigenvalue weighted by Crippen LogP contribution is -2.47. The number of hydrogen-bond acceptors (Lipinski definition) is 4. The number of halogens is 2. The molecule has 5 rings (SSSR count). The highest BCUT2D eigenvalue weighted by Crippen LogP contribution is 2.41. The van der Waals surface area contributed by atoms with Crippen LogP contribution in [0.1, 0.15) is 42.5 Å². The Bertz CT molecular complexity index is 1080. The van der Waals surface area contributed by atoms with E-state index in [-0.39, 0.29) is 23.7 Å². The summed E-state index contributed by atoms with van der Waals surface area (Å²) in [5.41, 5.74) is 1.38. The third kappa shape index (κ3) is 4.64. The molecule has 0 bridgehead atoms. The van der Waals surface area contributed by atoms with Crippen LogP contribution in [0.4, 0.5) is 15.8 Å². The molecule has 3 atom stereocenters. The van der Waals surface area contributed by atoms with Gasteiger partial charge < -0.3 is 19.9 Å². The second-order valence-electron chi connectivity index (χ2n) is 9.34. The molecule has 1 N–H and O–H groups in total. The van der Waals surface area contributed by atoms with Gasteiger partial charge in [0.25, 0.3) is 5.91 Å². The monoisotopic (exact) mass is 485 g/mol. The molecular formula is C26H29ClFN3O3. The van der Waals surface area contributed by atoms with Gasteiger partial charge >= 0.3 is 0 Å². The van der Waals surface area contributed by atoms with Crippen LogP contribution in [0, 0.1) is 11.7 Å². The van der Waals surface area contributed by atoms with Crippen molar-refractivity contribution in [2.24, 2.45) is 5.92 Å². The van der Waals surface area contributed by atoms with E-state index in [1.54, 1.807) is 41.3 Å². The molecule has 180 valence electrons. The molecule has 3 aliphatic rings. The lowest BCUT2D eigenvalue weighted by molar-refractivity contribution is -0.120. The summed E-state index contributed by atoms with van der Waals surface area (Å²) >= 11 is 6.13. The van der Waals surface area contributed by atoms with Crippen molar-refractivity contribution in [2.75, 3.05) is 36.5 Å². The number of anilines is 2. The predicted octanol–water partition coefficient (Wildman–Crippen LogP) is 4.73. The maximum absolute atomic E-state index is 14.9. The molecule has 34 heavy (non-hydrogen) atoms. The van der Waals surface area contributed by atoms with E-state index >= 15 is 0 Å². The SMILES string of the molecule is O=C(Nc1ccc(N2CCOCC2)c(F)c1)C1CC2CCCCC2N1C(=O)c1cccc(Cl)c1. The lowest BCUT2D eigenvalue weighted by Gasteiger charge is -2.33. The molecule has 2 saturated heterocycles. The number of amides is 2. The molecule has 8 heteroatoms. The van der Waals surface area contributed by atoms with Crippen molar-refractivity contribution in [1.29, 1.82) is 0 Å². The zero-order valence-electron chi connectivity index (χ0n) is 19.0. The van der Waals surface area contributed by atoms with E-state index in [0.717, 1.165) is 25.7 Å². The topological polar surface area (TPSA) is 61.9 Å². The fourth-order valence-corrected chi connectivity index (χ4v) is 5.82. The summed E-state index contributed by atoms with van der Waals surface area (Å²) in [7, 11) is 0. The molecule has 0 spiro atoms. The van der Waals surface area contributed by atoms with Crippen LogP contribution in [-0.2, 0) is 9.53 Å². The molecule has 1 saturated carbocycles. The number of morpholine rings is 1. The van der Waals surface area contributed by atoms with Gasteiger partial charge in [-0.05, 0) is 61.6 Å². The molecule has 6 nitrogen and oxygen atoms in total. The van der Waals surface area contributed by atoms with Gasteiger partial charge in [0.2, 0.25) is 5.91 Å². The largest absolute Gasteiger partial charge is 0.378 e. The number of hydrogen-bond donors (Lipinski definition) is 1. The van der Waals surface area contributed by atoms with Crippen molar-refractivity contribution in [3.63, 3.8) is 0 Å². The molecule has 2 aromatic carbocycles. The summed E-state index contributed by atoms with van der Waals surface area (Å²) in [6.45, 7) is 2.40. The van der Waals surface area contributed by atoms with Gasteiger partial charge in [-0.1, -0.05) is 30.5 Å². The van der Waals surface area contributed by atoms with E-state index in [0.29, 0.717) is 60.6 Å². The fraction of sp³-hybridized carbons (Fsp3) is 0.462. The Morgan fingerprint density at radius 2 is 1.85 bits per heavy atom. The molecule has 2 amide bonds. The fourth-order valence-electron chi connectivity index (χ4n) is 5.63. The molecule has 3 fully saturated rings. The van der Waals surface area contributed by atoms with Gasteiger partial charge in [0.05, 0.1) is 18.9 Å². The van der Waals surface area contributed by atoms with Crippen LogP contribution in [-0.4, -0.2) is 55.1 Å². The highest BCUT2D eigenvalue weighted by Gasteiger charge is 2.47. The van der Waals surface area contributed by atoms with Crippen LogP contribution in [0.2, 0.25) is 5.02 Å². The smallest absolute Gasteiger partial charge is 0.254 e. The van der Waals surface area contributed by atoms with E-state index < -0.39 is 6.04 Å². The number of ether oxygens (including phenoxy) is 1. The number of nitrogens with one attached hydrogen (secondary N) is 1. The van der Waals surface area contributed by atoms with Gasteiger partial charge in [-0.3, -0.25) is 9.59 Å². The first-order chi connectivity index (χ1) is 16.5. The number of fused-ring (bicyclic) bond motifs is 1. The van der Waals surface area contributed by atoms with Crippen LogP contribution in [0.15, 0.2) is 42.5 Å². The second-order valence-corrected chi connectivity index (χ2v) is 9.78. The molecule has 3 unspecified atom stereocenters.